The Labute approximate surface area is 217 Å². The van der Waals surface area contributed by atoms with Gasteiger partial charge in [-0.15, -0.1) is 0 Å². The second-order valence-electron chi connectivity index (χ2n) is 9.35. The zero-order valence-corrected chi connectivity index (χ0v) is 22.4. The molecule has 0 bridgehead atoms. The Hall–Kier alpha value is -3.04. The van der Waals surface area contributed by atoms with Crippen LogP contribution in [0.4, 0.5) is 10.5 Å². The largest absolute Gasteiger partial charge is 0.444 e. The number of para-hydroxylation sites is 1. The van der Waals surface area contributed by atoms with Gasteiger partial charge in [-0.05, 0) is 63.3 Å². The lowest BCUT2D eigenvalue weighted by Crippen LogP contribution is -2.53. The summed E-state index contributed by atoms with van der Waals surface area (Å²) in [4.78, 5) is 41.3. The number of nitrogens with one attached hydrogen (secondary N) is 2. The standard InChI is InChI=1S/C27H37N3O5S/c1-19-11-9-10-14-21(19)28-24(32)23(20-12-7-6-8-13-20)30(16-17-31)25(33)22(15-18-36-5)29-26(34)35-27(2,3)4/h6-14,22-23,31H,15-18H2,1-5H3,(H,28,32)(H,29,34). The van der Waals surface area contributed by atoms with Crippen LogP contribution in [0.1, 0.15) is 44.4 Å². The summed E-state index contributed by atoms with van der Waals surface area (Å²) in [6.07, 6.45) is 1.52. The van der Waals surface area contributed by atoms with E-state index in [0.29, 0.717) is 23.4 Å². The normalized spacial score (nSPS) is 12.8. The van der Waals surface area contributed by atoms with Gasteiger partial charge in [0.25, 0.3) is 5.91 Å². The molecule has 36 heavy (non-hydrogen) atoms. The van der Waals surface area contributed by atoms with Crippen molar-refractivity contribution in [3.05, 3.63) is 65.7 Å². The summed E-state index contributed by atoms with van der Waals surface area (Å²) in [5.74, 6) is -0.291. The molecular formula is C27H37N3O5S. The van der Waals surface area contributed by atoms with Crippen LogP contribution in [-0.2, 0) is 14.3 Å². The molecule has 0 spiro atoms. The van der Waals surface area contributed by atoms with Crippen molar-refractivity contribution in [3.63, 3.8) is 0 Å². The van der Waals surface area contributed by atoms with Gasteiger partial charge in [-0.25, -0.2) is 4.79 Å². The van der Waals surface area contributed by atoms with E-state index in [1.165, 1.54) is 16.7 Å². The van der Waals surface area contributed by atoms with Gasteiger partial charge in [0.05, 0.1) is 6.61 Å². The van der Waals surface area contributed by atoms with Crippen molar-refractivity contribution in [2.45, 2.75) is 51.8 Å². The van der Waals surface area contributed by atoms with E-state index in [4.69, 9.17) is 4.74 Å². The molecule has 3 amide bonds. The number of aryl methyl sites for hydroxylation is 1. The van der Waals surface area contributed by atoms with Crippen molar-refractivity contribution < 1.29 is 24.2 Å². The minimum absolute atomic E-state index is 0.0919. The van der Waals surface area contributed by atoms with Crippen molar-refractivity contribution in [2.24, 2.45) is 0 Å². The van der Waals surface area contributed by atoms with Crippen molar-refractivity contribution in [1.82, 2.24) is 10.2 Å². The zero-order chi connectivity index (χ0) is 26.7. The molecule has 9 heteroatoms. The summed E-state index contributed by atoms with van der Waals surface area (Å²) in [7, 11) is 0. The predicted molar refractivity (Wildman–Crippen MR) is 144 cm³/mol. The van der Waals surface area contributed by atoms with E-state index in [2.05, 4.69) is 10.6 Å². The Kier molecular flexibility index (Phi) is 11.3. The number of thioether (sulfide) groups is 1. The molecule has 2 aromatic carbocycles. The molecule has 3 N–H and O–H groups in total. The Bertz CT molecular complexity index is 1010. The molecule has 196 valence electrons. The second-order valence-corrected chi connectivity index (χ2v) is 10.3. The van der Waals surface area contributed by atoms with Crippen LogP contribution in [-0.4, -0.2) is 64.7 Å². The Morgan fingerprint density at radius 3 is 2.28 bits per heavy atom. The summed E-state index contributed by atoms with van der Waals surface area (Å²) < 4.78 is 5.37. The Balaban J connectivity index is 2.43. The number of aliphatic hydroxyl groups is 1. The highest BCUT2D eigenvalue weighted by atomic mass is 32.2. The lowest BCUT2D eigenvalue weighted by Gasteiger charge is -2.34. The van der Waals surface area contributed by atoms with Crippen LogP contribution in [0.2, 0.25) is 0 Å². The first-order valence-electron chi connectivity index (χ1n) is 11.9. The molecule has 2 rings (SSSR count). The zero-order valence-electron chi connectivity index (χ0n) is 21.6. The molecule has 8 nitrogen and oxygen atoms in total. The topological polar surface area (TPSA) is 108 Å². The molecule has 0 heterocycles. The van der Waals surface area contributed by atoms with Crippen molar-refractivity contribution in [1.29, 1.82) is 0 Å². The molecule has 0 saturated heterocycles. The van der Waals surface area contributed by atoms with Crippen molar-refractivity contribution in [2.75, 3.05) is 30.5 Å². The first-order valence-corrected chi connectivity index (χ1v) is 13.3. The van der Waals surface area contributed by atoms with E-state index in [1.807, 2.05) is 37.4 Å². The van der Waals surface area contributed by atoms with Gasteiger partial charge in [0.1, 0.15) is 17.7 Å². The fourth-order valence-electron chi connectivity index (χ4n) is 3.64. The van der Waals surface area contributed by atoms with E-state index < -0.39 is 35.6 Å². The highest BCUT2D eigenvalue weighted by molar-refractivity contribution is 7.98. The molecule has 0 fully saturated rings. The molecule has 2 aromatic rings. The number of aliphatic hydroxyl groups excluding tert-OH is 1. The number of ether oxygens (including phenoxy) is 1. The number of anilines is 1. The maximum atomic E-state index is 13.8. The van der Waals surface area contributed by atoms with Crippen LogP contribution in [0.25, 0.3) is 0 Å². The van der Waals surface area contributed by atoms with Crippen LogP contribution in [0.3, 0.4) is 0 Å². The lowest BCUT2D eigenvalue weighted by atomic mass is 10.0. The third-order valence-electron chi connectivity index (χ3n) is 5.30. The predicted octanol–water partition coefficient (Wildman–Crippen LogP) is 4.14. The maximum Gasteiger partial charge on any atom is 0.408 e. The number of alkyl carbamates (subject to hydrolysis) is 1. The van der Waals surface area contributed by atoms with Crippen LogP contribution in [0.15, 0.2) is 54.6 Å². The number of carbonyl (C=O) groups excluding carboxylic acids is 3. The summed E-state index contributed by atoms with van der Waals surface area (Å²) in [5.41, 5.74) is 1.36. The first-order chi connectivity index (χ1) is 17.1. The Morgan fingerprint density at radius 2 is 1.69 bits per heavy atom. The van der Waals surface area contributed by atoms with E-state index in [1.54, 1.807) is 51.1 Å². The van der Waals surface area contributed by atoms with Gasteiger partial charge < -0.3 is 25.4 Å². The second kappa shape index (κ2) is 13.9. The summed E-state index contributed by atoms with van der Waals surface area (Å²) in [6, 6.07) is 14.3. The number of benzene rings is 2. The van der Waals surface area contributed by atoms with E-state index >= 15 is 0 Å². The van der Waals surface area contributed by atoms with Gasteiger partial charge in [0.15, 0.2) is 0 Å². The number of nitrogens with zero attached hydrogens (tertiary/aromatic N) is 1. The summed E-state index contributed by atoms with van der Waals surface area (Å²) in [5, 5.41) is 15.4. The highest BCUT2D eigenvalue weighted by Gasteiger charge is 2.36. The van der Waals surface area contributed by atoms with Crippen molar-refractivity contribution in [3.8, 4) is 0 Å². The third kappa shape index (κ3) is 8.87. The summed E-state index contributed by atoms with van der Waals surface area (Å²) >= 11 is 1.54. The monoisotopic (exact) mass is 515 g/mol. The molecule has 0 aromatic heterocycles. The minimum Gasteiger partial charge on any atom is -0.444 e. The minimum atomic E-state index is -1.03. The van der Waals surface area contributed by atoms with Crippen molar-refractivity contribution >= 4 is 35.4 Å². The third-order valence-corrected chi connectivity index (χ3v) is 5.95. The number of hydrogen-bond acceptors (Lipinski definition) is 6. The molecule has 0 aliphatic heterocycles. The van der Waals surface area contributed by atoms with Gasteiger partial charge in [-0.2, -0.15) is 11.8 Å². The average Bonchev–Trinajstić information content (AvgIpc) is 2.82. The van der Waals surface area contributed by atoms with Gasteiger partial charge >= 0.3 is 6.09 Å². The summed E-state index contributed by atoms with van der Waals surface area (Å²) in [6.45, 7) is 6.66. The average molecular weight is 516 g/mol. The molecule has 0 saturated carbocycles. The van der Waals surface area contributed by atoms with Crippen LogP contribution < -0.4 is 10.6 Å². The van der Waals surface area contributed by atoms with Crippen LogP contribution in [0.5, 0.6) is 0 Å². The smallest absolute Gasteiger partial charge is 0.408 e. The van der Waals surface area contributed by atoms with E-state index in [-0.39, 0.29) is 13.2 Å². The molecular weight excluding hydrogens is 478 g/mol. The molecule has 2 atom stereocenters. The fourth-order valence-corrected chi connectivity index (χ4v) is 4.11. The van der Waals surface area contributed by atoms with Gasteiger partial charge in [0, 0.05) is 12.2 Å². The van der Waals surface area contributed by atoms with Gasteiger partial charge in [-0.1, -0.05) is 48.5 Å². The number of hydrogen-bond donors (Lipinski definition) is 3. The highest BCUT2D eigenvalue weighted by Crippen LogP contribution is 2.25. The van der Waals surface area contributed by atoms with E-state index in [0.717, 1.165) is 5.56 Å². The Morgan fingerprint density at radius 1 is 1.06 bits per heavy atom. The molecule has 2 unspecified atom stereocenters. The quantitative estimate of drug-likeness (QED) is 0.415. The van der Waals surface area contributed by atoms with Gasteiger partial charge in [0.2, 0.25) is 5.91 Å². The van der Waals surface area contributed by atoms with Crippen LogP contribution in [0, 0.1) is 6.92 Å². The maximum absolute atomic E-state index is 13.8. The van der Waals surface area contributed by atoms with E-state index in [9.17, 15) is 19.5 Å². The first kappa shape index (κ1) is 29.2. The molecule has 0 radical (unpaired) electrons. The van der Waals surface area contributed by atoms with Gasteiger partial charge in [-0.3, -0.25) is 9.59 Å². The SMILES string of the molecule is CSCCC(NC(=O)OC(C)(C)C)C(=O)N(CCO)C(C(=O)Nc1ccccc1C)c1ccccc1. The lowest BCUT2D eigenvalue weighted by molar-refractivity contribution is -0.141. The van der Waals surface area contributed by atoms with Crippen LogP contribution >= 0.6 is 11.8 Å². The number of carbonyl (C=O) groups is 3. The number of rotatable bonds is 11. The molecule has 0 aliphatic carbocycles. The fraction of sp³-hybridized carbons (Fsp3) is 0.444. The molecule has 0 aliphatic rings. The number of amides is 3.